The number of carbonyl (C=O) groups excluding carboxylic acids is 1. The van der Waals surface area contributed by atoms with Gasteiger partial charge in [0.2, 0.25) is 5.91 Å². The van der Waals surface area contributed by atoms with Crippen LogP contribution in [0.4, 0.5) is 30.5 Å². The van der Waals surface area contributed by atoms with Crippen LogP contribution in [-0.4, -0.2) is 36.4 Å². The van der Waals surface area contributed by atoms with Crippen LogP contribution in [0.15, 0.2) is 71.0 Å². The van der Waals surface area contributed by atoms with Gasteiger partial charge in [-0.25, -0.2) is 9.97 Å². The van der Waals surface area contributed by atoms with Crippen LogP contribution in [0.1, 0.15) is 11.4 Å². The lowest BCUT2D eigenvalue weighted by molar-refractivity contribution is -0.137. The Hall–Kier alpha value is -3.78. The molecule has 4 aromatic rings. The van der Waals surface area contributed by atoms with Crippen molar-refractivity contribution in [2.45, 2.75) is 22.2 Å². The Kier molecular flexibility index (Phi) is 7.64. The van der Waals surface area contributed by atoms with Gasteiger partial charge in [-0.05, 0) is 24.3 Å². The number of nitrogens with one attached hydrogen (secondary N) is 1. The lowest BCUT2D eigenvalue weighted by Gasteiger charge is -2.13. The van der Waals surface area contributed by atoms with Crippen LogP contribution < -0.4 is 16.8 Å². The van der Waals surface area contributed by atoms with Crippen molar-refractivity contribution in [2.24, 2.45) is 0 Å². The molecule has 0 saturated carbocycles. The van der Waals surface area contributed by atoms with E-state index in [1.807, 2.05) is 30.3 Å². The van der Waals surface area contributed by atoms with E-state index < -0.39 is 17.6 Å². The van der Waals surface area contributed by atoms with Crippen LogP contribution in [0.2, 0.25) is 0 Å². The van der Waals surface area contributed by atoms with Crippen molar-refractivity contribution < 1.29 is 18.0 Å². The first-order valence-corrected chi connectivity index (χ1v) is 12.3. The van der Waals surface area contributed by atoms with Crippen LogP contribution in [0.5, 0.6) is 0 Å². The second-order valence-corrected chi connectivity index (χ2v) is 9.12. The zero-order chi connectivity index (χ0) is 25.7. The molecule has 0 aliphatic heterocycles. The smallest absolute Gasteiger partial charge is 0.383 e. The lowest BCUT2D eigenvalue weighted by atomic mass is 10.1. The van der Waals surface area contributed by atoms with Gasteiger partial charge in [-0.3, -0.25) is 9.36 Å². The minimum Gasteiger partial charge on any atom is -0.383 e. The average molecular weight is 533 g/mol. The Morgan fingerprint density at radius 3 is 2.31 bits per heavy atom. The molecule has 14 heteroatoms. The van der Waals surface area contributed by atoms with Crippen LogP contribution in [0, 0.1) is 0 Å². The van der Waals surface area contributed by atoms with Crippen LogP contribution >= 0.6 is 23.5 Å². The first-order chi connectivity index (χ1) is 17.2. The highest BCUT2D eigenvalue weighted by Gasteiger charge is 2.33. The number of rotatable bonds is 8. The number of halogens is 3. The van der Waals surface area contributed by atoms with Gasteiger partial charge < -0.3 is 16.8 Å². The van der Waals surface area contributed by atoms with E-state index in [4.69, 9.17) is 11.5 Å². The molecule has 0 aliphatic rings. The number of para-hydroxylation sites is 2. The first-order valence-electron chi connectivity index (χ1n) is 10.3. The second kappa shape index (κ2) is 10.9. The SMILES string of the molecule is Nc1cc(N)nc(SCc2nnc(SCC(=O)Nc3ccccc3C(F)(F)F)n2-c2ccccc2)n1. The summed E-state index contributed by atoms with van der Waals surface area (Å²) in [5, 5.41) is 11.5. The lowest BCUT2D eigenvalue weighted by Crippen LogP contribution is -2.18. The topological polar surface area (TPSA) is 138 Å². The standard InChI is InChI=1S/C22H19F3N8OS2/c23-22(24,25)14-8-4-5-9-15(14)28-19(34)12-36-21-32-31-18(33(21)13-6-2-1-3-7-13)11-35-20-29-16(26)10-17(27)30-20/h1-10H,11-12H2,(H,28,34)(H4,26,27,29,30). The molecule has 1 amide bonds. The van der Waals surface area contributed by atoms with Gasteiger partial charge in [0.1, 0.15) is 17.5 Å². The number of aromatic nitrogens is 5. The summed E-state index contributed by atoms with van der Waals surface area (Å²) in [6, 6.07) is 15.5. The minimum absolute atomic E-state index is 0.181. The number of carbonyl (C=O) groups is 1. The van der Waals surface area contributed by atoms with E-state index in [9.17, 15) is 18.0 Å². The summed E-state index contributed by atoms with van der Waals surface area (Å²) in [6.07, 6.45) is -4.59. The molecular weight excluding hydrogens is 513 g/mol. The Bertz CT molecular complexity index is 1340. The fraction of sp³-hybridized carbons (Fsp3) is 0.136. The van der Waals surface area contributed by atoms with Crippen molar-refractivity contribution in [1.82, 2.24) is 24.7 Å². The molecule has 0 spiro atoms. The van der Waals surface area contributed by atoms with Crippen LogP contribution in [0.3, 0.4) is 0 Å². The second-order valence-electron chi connectivity index (χ2n) is 7.24. The van der Waals surface area contributed by atoms with Crippen molar-refractivity contribution >= 4 is 46.8 Å². The van der Waals surface area contributed by atoms with Gasteiger partial charge in [-0.15, -0.1) is 10.2 Å². The molecule has 186 valence electrons. The molecular formula is C22H19F3N8OS2. The van der Waals surface area contributed by atoms with E-state index in [2.05, 4.69) is 25.5 Å². The van der Waals surface area contributed by atoms with Gasteiger partial charge in [-0.2, -0.15) is 13.2 Å². The third-order valence-electron chi connectivity index (χ3n) is 4.63. The normalized spacial score (nSPS) is 11.4. The Morgan fingerprint density at radius 2 is 1.61 bits per heavy atom. The third-order valence-corrected chi connectivity index (χ3v) is 6.40. The summed E-state index contributed by atoms with van der Waals surface area (Å²) < 4.78 is 41.4. The van der Waals surface area contributed by atoms with E-state index in [0.717, 1.165) is 23.5 Å². The van der Waals surface area contributed by atoms with E-state index >= 15 is 0 Å². The van der Waals surface area contributed by atoms with E-state index in [-0.39, 0.29) is 23.1 Å². The zero-order valence-electron chi connectivity index (χ0n) is 18.4. The molecule has 0 aliphatic carbocycles. The number of nitrogens with zero attached hydrogens (tertiary/aromatic N) is 5. The number of nitrogen functional groups attached to an aromatic ring is 2. The summed E-state index contributed by atoms with van der Waals surface area (Å²) in [5.74, 6) is 0.545. The summed E-state index contributed by atoms with van der Waals surface area (Å²) in [6.45, 7) is 0. The number of nitrogens with two attached hydrogens (primary N) is 2. The third kappa shape index (κ3) is 6.26. The number of alkyl halides is 3. The van der Waals surface area contributed by atoms with Crippen LogP contribution in [-0.2, 0) is 16.7 Å². The van der Waals surface area contributed by atoms with Gasteiger partial charge in [0.15, 0.2) is 10.3 Å². The number of benzene rings is 2. The number of anilines is 3. The zero-order valence-corrected chi connectivity index (χ0v) is 20.1. The summed E-state index contributed by atoms with van der Waals surface area (Å²) in [5.41, 5.74) is 11.0. The van der Waals surface area contributed by atoms with Gasteiger partial charge in [-0.1, -0.05) is 53.9 Å². The van der Waals surface area contributed by atoms with Gasteiger partial charge in [0.05, 0.1) is 22.8 Å². The molecule has 36 heavy (non-hydrogen) atoms. The molecule has 0 saturated heterocycles. The molecule has 9 nitrogen and oxygen atoms in total. The minimum atomic E-state index is -4.59. The molecule has 0 atom stereocenters. The maximum Gasteiger partial charge on any atom is 0.418 e. The largest absolute Gasteiger partial charge is 0.418 e. The predicted octanol–water partition coefficient (Wildman–Crippen LogP) is 4.26. The van der Waals surface area contributed by atoms with Crippen LogP contribution in [0.25, 0.3) is 5.69 Å². The van der Waals surface area contributed by atoms with Crippen molar-refractivity contribution in [3.63, 3.8) is 0 Å². The molecule has 2 aromatic heterocycles. The monoisotopic (exact) mass is 532 g/mol. The number of hydrogen-bond acceptors (Lipinski definition) is 9. The maximum absolute atomic E-state index is 13.2. The fourth-order valence-electron chi connectivity index (χ4n) is 3.13. The molecule has 0 bridgehead atoms. The first kappa shape index (κ1) is 25.3. The molecule has 4 rings (SSSR count). The Balaban J connectivity index is 1.51. The number of hydrogen-bond donors (Lipinski definition) is 3. The van der Waals surface area contributed by atoms with Gasteiger partial charge in [0.25, 0.3) is 0 Å². The van der Waals surface area contributed by atoms with Crippen molar-refractivity contribution in [3.8, 4) is 5.69 Å². The van der Waals surface area contributed by atoms with Crippen molar-refractivity contribution in [2.75, 3.05) is 22.5 Å². The summed E-state index contributed by atoms with van der Waals surface area (Å²) in [7, 11) is 0. The Labute approximate surface area is 211 Å². The van der Waals surface area contributed by atoms with Crippen molar-refractivity contribution in [1.29, 1.82) is 0 Å². The molecule has 5 N–H and O–H groups in total. The fourth-order valence-corrected chi connectivity index (χ4v) is 4.69. The highest BCUT2D eigenvalue weighted by Crippen LogP contribution is 2.35. The molecule has 0 radical (unpaired) electrons. The molecule has 2 aromatic carbocycles. The number of thioether (sulfide) groups is 2. The highest BCUT2D eigenvalue weighted by molar-refractivity contribution is 7.99. The van der Waals surface area contributed by atoms with E-state index in [1.165, 1.54) is 36.0 Å². The predicted molar refractivity (Wildman–Crippen MR) is 133 cm³/mol. The number of amides is 1. The molecule has 0 fully saturated rings. The highest BCUT2D eigenvalue weighted by atomic mass is 32.2. The van der Waals surface area contributed by atoms with Gasteiger partial charge >= 0.3 is 6.18 Å². The van der Waals surface area contributed by atoms with Crippen molar-refractivity contribution in [3.05, 3.63) is 72.1 Å². The maximum atomic E-state index is 13.2. The van der Waals surface area contributed by atoms with Gasteiger partial charge in [0, 0.05) is 11.8 Å². The molecule has 0 unspecified atom stereocenters. The van der Waals surface area contributed by atoms with E-state index in [1.54, 1.807) is 4.57 Å². The summed E-state index contributed by atoms with van der Waals surface area (Å²) in [4.78, 5) is 20.8. The quantitative estimate of drug-likeness (QED) is 0.224. The molecule has 2 heterocycles. The van der Waals surface area contributed by atoms with E-state index in [0.29, 0.717) is 21.9 Å². The Morgan fingerprint density at radius 1 is 0.944 bits per heavy atom. The summed E-state index contributed by atoms with van der Waals surface area (Å²) >= 11 is 2.30. The average Bonchev–Trinajstić information content (AvgIpc) is 3.24.